The normalized spacial score (nSPS) is 20.1. The molecule has 3 rings (SSSR count). The molecule has 1 saturated heterocycles. The summed E-state index contributed by atoms with van der Waals surface area (Å²) in [6.45, 7) is 6.50. The van der Waals surface area contributed by atoms with Crippen molar-refractivity contribution in [2.45, 2.75) is 32.5 Å². The van der Waals surface area contributed by atoms with E-state index in [4.69, 9.17) is 16.3 Å². The fourth-order valence-corrected chi connectivity index (χ4v) is 4.04. The molecule has 0 N–H and O–H groups in total. The van der Waals surface area contributed by atoms with Crippen molar-refractivity contribution in [1.29, 1.82) is 0 Å². The molecule has 1 heterocycles. The van der Waals surface area contributed by atoms with Crippen molar-refractivity contribution >= 4 is 23.5 Å². The van der Waals surface area contributed by atoms with E-state index in [1.807, 2.05) is 23.1 Å². The minimum atomic E-state index is -0.332. The first-order valence-electron chi connectivity index (χ1n) is 9.37. The number of hydrogen-bond donors (Lipinski definition) is 0. The van der Waals surface area contributed by atoms with Crippen molar-refractivity contribution in [3.8, 4) is 0 Å². The van der Waals surface area contributed by atoms with E-state index in [1.165, 1.54) is 7.11 Å². The number of nitrogens with zero attached hydrogens (tertiary/aromatic N) is 2. The third-order valence-corrected chi connectivity index (χ3v) is 5.32. The molecule has 0 spiro atoms. The number of piperazine rings is 1. The molecule has 2 aromatic carbocycles. The van der Waals surface area contributed by atoms with Crippen LogP contribution in [0.4, 0.5) is 0 Å². The fourth-order valence-electron chi connectivity index (χ4n) is 3.85. The van der Waals surface area contributed by atoms with Gasteiger partial charge in [-0.1, -0.05) is 29.8 Å². The minimum Gasteiger partial charge on any atom is -0.465 e. The summed E-state index contributed by atoms with van der Waals surface area (Å²) < 4.78 is 4.74. The number of ether oxygens (including phenoxy) is 1. The second-order valence-electron chi connectivity index (χ2n) is 7.30. The smallest absolute Gasteiger partial charge is 0.337 e. The molecule has 0 saturated carbocycles. The number of hydrogen-bond acceptors (Lipinski definition) is 4. The van der Waals surface area contributed by atoms with Crippen LogP contribution in [0.15, 0.2) is 48.5 Å². The van der Waals surface area contributed by atoms with Crippen molar-refractivity contribution in [2.75, 3.05) is 20.2 Å². The molecule has 148 valence electrons. The van der Waals surface area contributed by atoms with Crippen LogP contribution in [0.2, 0.25) is 5.02 Å². The Balaban J connectivity index is 1.66. The third kappa shape index (κ3) is 4.54. The SMILES string of the molecule is COC(=O)c1ccc(CN2C[C@@H](C)N(C(=O)c3cccc(Cl)c3)[C@@H](C)C2)cc1. The van der Waals surface area contributed by atoms with Crippen LogP contribution >= 0.6 is 11.6 Å². The standard InChI is InChI=1S/C22H25ClN2O3/c1-15-12-24(14-17-7-9-18(10-8-17)22(27)28-3)13-16(2)25(15)21(26)19-5-4-6-20(23)11-19/h4-11,15-16H,12-14H2,1-3H3/t15-,16+. The van der Waals surface area contributed by atoms with Crippen molar-refractivity contribution in [1.82, 2.24) is 9.80 Å². The van der Waals surface area contributed by atoms with Gasteiger partial charge in [-0.3, -0.25) is 9.69 Å². The lowest BCUT2D eigenvalue weighted by atomic mass is 10.0. The second-order valence-corrected chi connectivity index (χ2v) is 7.74. The second kappa shape index (κ2) is 8.76. The average molecular weight is 401 g/mol. The Bertz CT molecular complexity index is 841. The Morgan fingerprint density at radius 1 is 1.04 bits per heavy atom. The first-order chi connectivity index (χ1) is 13.4. The molecule has 0 aromatic heterocycles. The van der Waals surface area contributed by atoms with Gasteiger partial charge in [-0.25, -0.2) is 4.79 Å². The highest BCUT2D eigenvalue weighted by Gasteiger charge is 2.33. The van der Waals surface area contributed by atoms with Crippen LogP contribution < -0.4 is 0 Å². The molecule has 1 amide bonds. The van der Waals surface area contributed by atoms with Gasteiger partial charge in [0.05, 0.1) is 12.7 Å². The Kier molecular flexibility index (Phi) is 6.37. The molecule has 1 aliphatic heterocycles. The van der Waals surface area contributed by atoms with Gasteiger partial charge in [-0.15, -0.1) is 0 Å². The monoisotopic (exact) mass is 400 g/mol. The first kappa shape index (κ1) is 20.4. The number of carbonyl (C=O) groups excluding carboxylic acids is 2. The van der Waals surface area contributed by atoms with E-state index in [0.717, 1.165) is 25.2 Å². The number of esters is 1. The summed E-state index contributed by atoms with van der Waals surface area (Å²) in [5, 5.41) is 0.570. The van der Waals surface area contributed by atoms with Gasteiger partial charge in [0.1, 0.15) is 0 Å². The third-order valence-electron chi connectivity index (χ3n) is 5.08. The van der Waals surface area contributed by atoms with Gasteiger partial charge in [-0.05, 0) is 49.7 Å². The summed E-state index contributed by atoms with van der Waals surface area (Å²) >= 11 is 6.05. The van der Waals surface area contributed by atoms with Crippen molar-refractivity contribution in [3.05, 3.63) is 70.2 Å². The molecular weight excluding hydrogens is 376 g/mol. The summed E-state index contributed by atoms with van der Waals surface area (Å²) in [6.07, 6.45) is 0. The number of rotatable bonds is 4. The van der Waals surface area contributed by atoms with Crippen LogP contribution in [0, 0.1) is 0 Å². The molecule has 0 unspecified atom stereocenters. The number of methoxy groups -OCH3 is 1. The van der Waals surface area contributed by atoms with Crippen LogP contribution in [0.1, 0.15) is 40.1 Å². The number of amides is 1. The van der Waals surface area contributed by atoms with Crippen molar-refractivity contribution in [3.63, 3.8) is 0 Å². The van der Waals surface area contributed by atoms with Crippen LogP contribution in [-0.4, -0.2) is 54.0 Å². The Labute approximate surface area is 170 Å². The van der Waals surface area contributed by atoms with Gasteiger partial charge in [0.25, 0.3) is 5.91 Å². The highest BCUT2D eigenvalue weighted by Crippen LogP contribution is 2.22. The van der Waals surface area contributed by atoms with E-state index < -0.39 is 0 Å². The summed E-state index contributed by atoms with van der Waals surface area (Å²) in [6, 6.07) is 14.7. The predicted octanol–water partition coefficient (Wildman–Crippen LogP) is 3.86. The lowest BCUT2D eigenvalue weighted by Crippen LogP contribution is -2.58. The van der Waals surface area contributed by atoms with E-state index in [1.54, 1.807) is 30.3 Å². The largest absolute Gasteiger partial charge is 0.465 e. The maximum absolute atomic E-state index is 13.0. The zero-order valence-electron chi connectivity index (χ0n) is 16.4. The van der Waals surface area contributed by atoms with E-state index in [9.17, 15) is 9.59 Å². The zero-order chi connectivity index (χ0) is 20.3. The van der Waals surface area contributed by atoms with Crippen molar-refractivity contribution < 1.29 is 14.3 Å². The van der Waals surface area contributed by atoms with Crippen LogP contribution in [0.25, 0.3) is 0 Å². The number of halogens is 1. The minimum absolute atomic E-state index is 0.0181. The predicted molar refractivity (Wildman–Crippen MR) is 110 cm³/mol. The molecule has 2 atom stereocenters. The van der Waals surface area contributed by atoms with E-state index in [0.29, 0.717) is 16.1 Å². The van der Waals surface area contributed by atoms with Crippen LogP contribution in [-0.2, 0) is 11.3 Å². The Hall–Kier alpha value is -2.37. The maximum atomic E-state index is 13.0. The van der Waals surface area contributed by atoms with Gasteiger partial charge in [0, 0.05) is 42.3 Å². The molecule has 0 bridgehead atoms. The van der Waals surface area contributed by atoms with Crippen LogP contribution in [0.5, 0.6) is 0 Å². The van der Waals surface area contributed by atoms with Crippen LogP contribution in [0.3, 0.4) is 0 Å². The lowest BCUT2D eigenvalue weighted by molar-refractivity contribution is 0.0268. The van der Waals surface area contributed by atoms with E-state index in [-0.39, 0.29) is 24.0 Å². The van der Waals surface area contributed by atoms with Gasteiger partial charge >= 0.3 is 5.97 Å². The molecule has 5 nitrogen and oxygen atoms in total. The summed E-state index contributed by atoms with van der Waals surface area (Å²) in [7, 11) is 1.38. The van der Waals surface area contributed by atoms with Gasteiger partial charge in [-0.2, -0.15) is 0 Å². The molecule has 28 heavy (non-hydrogen) atoms. The quantitative estimate of drug-likeness (QED) is 0.731. The van der Waals surface area contributed by atoms with E-state index in [2.05, 4.69) is 18.7 Å². The van der Waals surface area contributed by atoms with Gasteiger partial charge in [0.2, 0.25) is 0 Å². The van der Waals surface area contributed by atoms with E-state index >= 15 is 0 Å². The molecule has 6 heteroatoms. The fraction of sp³-hybridized carbons (Fsp3) is 0.364. The molecule has 1 aliphatic rings. The molecular formula is C22H25ClN2O3. The molecule has 1 fully saturated rings. The number of benzene rings is 2. The zero-order valence-corrected chi connectivity index (χ0v) is 17.1. The summed E-state index contributed by atoms with van der Waals surface area (Å²) in [5.74, 6) is -0.313. The maximum Gasteiger partial charge on any atom is 0.337 e. The molecule has 0 radical (unpaired) electrons. The molecule has 2 aromatic rings. The summed E-state index contributed by atoms with van der Waals surface area (Å²) in [5.41, 5.74) is 2.30. The summed E-state index contributed by atoms with van der Waals surface area (Å²) in [4.78, 5) is 28.8. The van der Waals surface area contributed by atoms with Crippen molar-refractivity contribution in [2.24, 2.45) is 0 Å². The lowest BCUT2D eigenvalue weighted by Gasteiger charge is -2.44. The number of carbonyl (C=O) groups is 2. The van der Waals surface area contributed by atoms with Gasteiger partial charge < -0.3 is 9.64 Å². The average Bonchev–Trinajstić information content (AvgIpc) is 2.67. The molecule has 0 aliphatic carbocycles. The Morgan fingerprint density at radius 2 is 1.68 bits per heavy atom. The topological polar surface area (TPSA) is 49.9 Å². The highest BCUT2D eigenvalue weighted by molar-refractivity contribution is 6.30. The Morgan fingerprint density at radius 3 is 2.25 bits per heavy atom. The van der Waals surface area contributed by atoms with Gasteiger partial charge in [0.15, 0.2) is 0 Å². The first-order valence-corrected chi connectivity index (χ1v) is 9.74. The highest BCUT2D eigenvalue weighted by atomic mass is 35.5.